The highest BCUT2D eigenvalue weighted by molar-refractivity contribution is 5.33. The van der Waals surface area contributed by atoms with E-state index in [1.54, 1.807) is 7.11 Å². The average molecular weight is 346 g/mol. The Hall–Kier alpha value is -1.89. The summed E-state index contributed by atoms with van der Waals surface area (Å²) in [5, 5.41) is 17.1. The van der Waals surface area contributed by atoms with Crippen LogP contribution in [0.2, 0.25) is 0 Å². The fraction of sp³-hybridized carbons (Fsp3) is 0.722. The number of hydrogen-bond acceptors (Lipinski definition) is 5. The molecule has 1 atom stereocenters. The molecule has 0 bridgehead atoms. The number of hydrogen-bond donors (Lipinski definition) is 1. The van der Waals surface area contributed by atoms with Gasteiger partial charge in [-0.25, -0.2) is 4.68 Å². The third-order valence-corrected chi connectivity index (χ3v) is 4.97. The second kappa shape index (κ2) is 7.56. The number of ether oxygens (including phenoxy) is 1. The zero-order chi connectivity index (χ0) is 18.0. The van der Waals surface area contributed by atoms with E-state index >= 15 is 0 Å². The number of nitrogens with zero attached hydrogens (tertiary/aromatic N) is 5. The first-order chi connectivity index (χ1) is 12.0. The molecule has 7 heteroatoms. The average Bonchev–Trinajstić information content (AvgIpc) is 3.04. The maximum absolute atomic E-state index is 5.56. The van der Waals surface area contributed by atoms with Crippen LogP contribution >= 0.6 is 0 Å². The summed E-state index contributed by atoms with van der Waals surface area (Å²) in [6, 6.07) is 0.129. The molecule has 1 aliphatic rings. The molecule has 138 valence electrons. The highest BCUT2D eigenvalue weighted by Gasteiger charge is 2.22. The van der Waals surface area contributed by atoms with Gasteiger partial charge in [0.25, 0.3) is 0 Å². The van der Waals surface area contributed by atoms with Crippen molar-refractivity contribution in [3.8, 4) is 5.88 Å². The molecule has 3 heterocycles. The molecule has 1 N–H and O–H groups in total. The van der Waals surface area contributed by atoms with E-state index in [0.29, 0.717) is 12.5 Å². The normalized spacial score (nSPS) is 15.9. The van der Waals surface area contributed by atoms with Crippen LogP contribution < -0.4 is 10.1 Å². The monoisotopic (exact) mass is 346 g/mol. The quantitative estimate of drug-likeness (QED) is 0.871. The van der Waals surface area contributed by atoms with Gasteiger partial charge in [-0.15, -0.1) is 10.2 Å². The zero-order valence-corrected chi connectivity index (χ0v) is 16.0. The van der Waals surface area contributed by atoms with E-state index < -0.39 is 0 Å². The van der Waals surface area contributed by atoms with Crippen molar-refractivity contribution in [3.63, 3.8) is 0 Å². The lowest BCUT2D eigenvalue weighted by Gasteiger charge is -2.16. The van der Waals surface area contributed by atoms with Crippen molar-refractivity contribution in [3.05, 3.63) is 22.9 Å². The molecule has 1 unspecified atom stereocenters. The lowest BCUT2D eigenvalue weighted by atomic mass is 10.1. The minimum atomic E-state index is 0.129. The molecule has 3 rings (SSSR count). The lowest BCUT2D eigenvalue weighted by molar-refractivity contribution is 0.366. The summed E-state index contributed by atoms with van der Waals surface area (Å²) in [5.74, 6) is 3.34. The van der Waals surface area contributed by atoms with Gasteiger partial charge in [-0.2, -0.15) is 5.10 Å². The van der Waals surface area contributed by atoms with Gasteiger partial charge in [-0.05, 0) is 25.7 Å². The Morgan fingerprint density at radius 2 is 1.96 bits per heavy atom. The highest BCUT2D eigenvalue weighted by atomic mass is 16.5. The summed E-state index contributed by atoms with van der Waals surface area (Å²) in [5.41, 5.74) is 2.21. The van der Waals surface area contributed by atoms with Crippen LogP contribution in [-0.2, 0) is 26.6 Å². The van der Waals surface area contributed by atoms with E-state index in [9.17, 15) is 0 Å². The molecular weight excluding hydrogens is 316 g/mol. The minimum absolute atomic E-state index is 0.129. The molecule has 0 amide bonds. The summed E-state index contributed by atoms with van der Waals surface area (Å²) in [4.78, 5) is 0. The van der Waals surface area contributed by atoms with Crippen molar-refractivity contribution in [1.82, 2.24) is 29.9 Å². The van der Waals surface area contributed by atoms with Crippen molar-refractivity contribution >= 4 is 0 Å². The van der Waals surface area contributed by atoms with Crippen LogP contribution in [0.25, 0.3) is 0 Å². The van der Waals surface area contributed by atoms with Crippen molar-refractivity contribution < 1.29 is 4.74 Å². The second-order valence-electron chi connectivity index (χ2n) is 7.19. The van der Waals surface area contributed by atoms with E-state index in [-0.39, 0.29) is 6.04 Å². The van der Waals surface area contributed by atoms with Gasteiger partial charge < -0.3 is 14.6 Å². The van der Waals surface area contributed by atoms with Gasteiger partial charge >= 0.3 is 0 Å². The van der Waals surface area contributed by atoms with Gasteiger partial charge in [-0.1, -0.05) is 20.3 Å². The van der Waals surface area contributed by atoms with Crippen LogP contribution in [0.15, 0.2) is 0 Å². The van der Waals surface area contributed by atoms with Crippen molar-refractivity contribution in [2.24, 2.45) is 7.05 Å². The Labute approximate surface area is 149 Å². The molecule has 25 heavy (non-hydrogen) atoms. The smallest absolute Gasteiger partial charge is 0.216 e. The molecule has 0 aliphatic carbocycles. The molecule has 0 fully saturated rings. The molecular formula is C18H30N6O. The number of fused-ring (bicyclic) bond motifs is 1. The number of aryl methyl sites for hydroxylation is 2. The summed E-state index contributed by atoms with van der Waals surface area (Å²) >= 11 is 0. The SMILES string of the molecule is COc1c(CNC(C)c2nnc3n2CCCCC3)c(C(C)C)nn1C. The molecule has 0 spiro atoms. The zero-order valence-electron chi connectivity index (χ0n) is 16.0. The molecule has 0 aromatic carbocycles. The van der Waals surface area contributed by atoms with Crippen LogP contribution in [-0.4, -0.2) is 31.7 Å². The maximum atomic E-state index is 5.56. The van der Waals surface area contributed by atoms with Crippen LogP contribution in [0, 0.1) is 0 Å². The largest absolute Gasteiger partial charge is 0.481 e. The van der Waals surface area contributed by atoms with E-state index in [1.165, 1.54) is 19.3 Å². The van der Waals surface area contributed by atoms with Crippen molar-refractivity contribution in [1.29, 1.82) is 0 Å². The third-order valence-electron chi connectivity index (χ3n) is 4.97. The minimum Gasteiger partial charge on any atom is -0.481 e. The van der Waals surface area contributed by atoms with E-state index in [0.717, 1.165) is 41.8 Å². The molecule has 0 saturated carbocycles. The fourth-order valence-corrected chi connectivity index (χ4v) is 3.63. The molecule has 0 radical (unpaired) electrons. The first-order valence-electron chi connectivity index (χ1n) is 9.28. The first kappa shape index (κ1) is 17.9. The predicted octanol–water partition coefficient (Wildman–Crippen LogP) is 2.72. The molecule has 1 aliphatic heterocycles. The summed E-state index contributed by atoms with van der Waals surface area (Å²) in [7, 11) is 3.63. The van der Waals surface area contributed by atoms with Gasteiger partial charge in [0.05, 0.1) is 24.4 Å². The number of methoxy groups -OCH3 is 1. The predicted molar refractivity (Wildman–Crippen MR) is 96.7 cm³/mol. The molecule has 2 aromatic rings. The third kappa shape index (κ3) is 3.56. The molecule has 0 saturated heterocycles. The van der Waals surface area contributed by atoms with Crippen LogP contribution in [0.5, 0.6) is 5.88 Å². The van der Waals surface area contributed by atoms with Crippen molar-refractivity contribution in [2.45, 2.75) is 71.5 Å². The Balaban J connectivity index is 1.77. The van der Waals surface area contributed by atoms with E-state index in [1.807, 2.05) is 11.7 Å². The summed E-state index contributed by atoms with van der Waals surface area (Å²) in [6.45, 7) is 8.20. The summed E-state index contributed by atoms with van der Waals surface area (Å²) < 4.78 is 9.68. The first-order valence-corrected chi connectivity index (χ1v) is 9.28. The molecule has 7 nitrogen and oxygen atoms in total. The number of aromatic nitrogens is 5. The fourth-order valence-electron chi connectivity index (χ4n) is 3.63. The van der Waals surface area contributed by atoms with Gasteiger partial charge in [-0.3, -0.25) is 0 Å². The van der Waals surface area contributed by atoms with Gasteiger partial charge in [0.1, 0.15) is 11.6 Å². The van der Waals surface area contributed by atoms with Crippen molar-refractivity contribution in [2.75, 3.05) is 7.11 Å². The Bertz CT molecular complexity index is 717. The summed E-state index contributed by atoms with van der Waals surface area (Å²) in [6.07, 6.45) is 4.73. The Morgan fingerprint density at radius 1 is 1.16 bits per heavy atom. The Kier molecular flexibility index (Phi) is 5.42. The van der Waals surface area contributed by atoms with Gasteiger partial charge in [0.15, 0.2) is 0 Å². The number of rotatable bonds is 6. The highest BCUT2D eigenvalue weighted by Crippen LogP contribution is 2.28. The number of nitrogens with one attached hydrogen (secondary N) is 1. The van der Waals surface area contributed by atoms with Crippen LogP contribution in [0.1, 0.15) is 74.9 Å². The topological polar surface area (TPSA) is 69.8 Å². The van der Waals surface area contributed by atoms with Crippen LogP contribution in [0.4, 0.5) is 0 Å². The maximum Gasteiger partial charge on any atom is 0.216 e. The second-order valence-corrected chi connectivity index (χ2v) is 7.19. The van der Waals surface area contributed by atoms with Gasteiger partial charge in [0.2, 0.25) is 5.88 Å². The molecule has 2 aromatic heterocycles. The van der Waals surface area contributed by atoms with E-state index in [4.69, 9.17) is 4.74 Å². The Morgan fingerprint density at radius 3 is 2.68 bits per heavy atom. The standard InChI is InChI=1S/C18H30N6O/c1-12(2)16-14(18(25-5)23(4)22-16)11-19-13(3)17-21-20-15-9-7-6-8-10-24(15)17/h12-13,19H,6-11H2,1-5H3. The lowest BCUT2D eigenvalue weighted by Crippen LogP contribution is -2.23. The van der Waals surface area contributed by atoms with Crippen LogP contribution in [0.3, 0.4) is 0 Å². The van der Waals surface area contributed by atoms with Gasteiger partial charge in [0, 0.05) is 26.6 Å². The van der Waals surface area contributed by atoms with E-state index in [2.05, 4.69) is 46.0 Å².